The molecule has 1 N–H and O–H groups in total. The third-order valence-electron chi connectivity index (χ3n) is 2.35. The highest BCUT2D eigenvalue weighted by atomic mass is 32.2. The van der Waals surface area contributed by atoms with Crippen LogP contribution in [0.15, 0.2) is 23.2 Å². The minimum Gasteiger partial charge on any atom is -0.480 e. The van der Waals surface area contributed by atoms with Gasteiger partial charge in [0, 0.05) is 18.5 Å². The van der Waals surface area contributed by atoms with Crippen molar-refractivity contribution in [2.24, 2.45) is 0 Å². The van der Waals surface area contributed by atoms with E-state index < -0.39 is 15.8 Å². The highest BCUT2D eigenvalue weighted by Gasteiger charge is 2.22. The quantitative estimate of drug-likeness (QED) is 0.852. The zero-order valence-electron chi connectivity index (χ0n) is 10.5. The summed E-state index contributed by atoms with van der Waals surface area (Å²) in [5.74, 6) is -0.855. The summed E-state index contributed by atoms with van der Waals surface area (Å²) >= 11 is 0. The Morgan fingerprint density at radius 2 is 2.11 bits per heavy atom. The fraction of sp³-hybridized carbons (Fsp3) is 0.455. The summed E-state index contributed by atoms with van der Waals surface area (Å²) in [6.07, 6.45) is 2.52. The Kier molecular flexibility index (Phi) is 4.28. The molecule has 0 unspecified atom stereocenters. The Morgan fingerprint density at radius 3 is 2.56 bits per heavy atom. The van der Waals surface area contributed by atoms with E-state index in [1.165, 1.54) is 23.2 Å². The number of hydrogen-bond acceptors (Lipinski definition) is 5. The maximum atomic E-state index is 11.7. The molecule has 1 aromatic rings. The topological polar surface area (TPSA) is 87.6 Å². The summed E-state index contributed by atoms with van der Waals surface area (Å²) in [7, 11) is -3.44. The molecule has 0 aromatic carbocycles. The van der Waals surface area contributed by atoms with Crippen LogP contribution in [-0.2, 0) is 14.6 Å². The van der Waals surface area contributed by atoms with Crippen molar-refractivity contribution >= 4 is 21.6 Å². The van der Waals surface area contributed by atoms with Crippen molar-refractivity contribution in [1.29, 1.82) is 0 Å². The van der Waals surface area contributed by atoms with E-state index in [1.54, 1.807) is 13.8 Å². The first kappa shape index (κ1) is 14.4. The number of aromatic nitrogens is 1. The molecule has 0 aliphatic rings. The summed E-state index contributed by atoms with van der Waals surface area (Å²) < 4.78 is 23.3. The van der Waals surface area contributed by atoms with Crippen LogP contribution in [0.2, 0.25) is 0 Å². The molecule has 0 fully saturated rings. The lowest BCUT2D eigenvalue weighted by molar-refractivity contribution is -0.135. The third kappa shape index (κ3) is 3.43. The van der Waals surface area contributed by atoms with E-state index in [0.29, 0.717) is 0 Å². The first-order valence-corrected chi connectivity index (χ1v) is 7.26. The van der Waals surface area contributed by atoms with Crippen LogP contribution in [0.4, 0.5) is 5.82 Å². The van der Waals surface area contributed by atoms with Crippen LogP contribution in [0.25, 0.3) is 0 Å². The molecule has 18 heavy (non-hydrogen) atoms. The van der Waals surface area contributed by atoms with E-state index >= 15 is 0 Å². The van der Waals surface area contributed by atoms with E-state index in [1.807, 2.05) is 0 Å². The fourth-order valence-corrected chi connectivity index (χ4v) is 2.36. The number of anilines is 1. The molecular formula is C11H16N2O4S. The average molecular weight is 272 g/mol. The van der Waals surface area contributed by atoms with Crippen molar-refractivity contribution in [2.45, 2.75) is 24.8 Å². The molecular weight excluding hydrogens is 256 g/mol. The zero-order chi connectivity index (χ0) is 13.9. The van der Waals surface area contributed by atoms with E-state index in [9.17, 15) is 13.2 Å². The van der Waals surface area contributed by atoms with Crippen LogP contribution in [0, 0.1) is 0 Å². The van der Waals surface area contributed by atoms with Crippen LogP contribution < -0.4 is 4.90 Å². The van der Waals surface area contributed by atoms with Crippen LogP contribution in [-0.4, -0.2) is 43.3 Å². The summed E-state index contributed by atoms with van der Waals surface area (Å²) in [4.78, 5) is 16.3. The van der Waals surface area contributed by atoms with Gasteiger partial charge in [-0.2, -0.15) is 0 Å². The molecule has 1 rings (SSSR count). The smallest absolute Gasteiger partial charge is 0.323 e. The van der Waals surface area contributed by atoms with Gasteiger partial charge in [0.05, 0.1) is 0 Å². The largest absolute Gasteiger partial charge is 0.480 e. The number of carboxylic acid groups (broad SMARTS) is 1. The van der Waals surface area contributed by atoms with Gasteiger partial charge in [-0.05, 0) is 26.0 Å². The number of carboxylic acids is 1. The molecule has 6 nitrogen and oxygen atoms in total. The molecule has 0 aliphatic heterocycles. The Morgan fingerprint density at radius 1 is 1.50 bits per heavy atom. The number of hydrogen-bond donors (Lipinski definition) is 1. The molecule has 7 heteroatoms. The standard InChI is InChI=1S/C11H16N2O4S/c1-8(2)13(7-10(14)15)11-9(18(3,16)17)5-4-6-12-11/h4-6,8H,7H2,1-3H3,(H,14,15). The van der Waals surface area contributed by atoms with E-state index in [0.717, 1.165) is 6.26 Å². The van der Waals surface area contributed by atoms with Gasteiger partial charge in [0.25, 0.3) is 0 Å². The SMILES string of the molecule is CC(C)N(CC(=O)O)c1ncccc1S(C)(=O)=O. The lowest BCUT2D eigenvalue weighted by atomic mass is 10.3. The number of sulfone groups is 1. The van der Waals surface area contributed by atoms with Crippen molar-refractivity contribution < 1.29 is 18.3 Å². The molecule has 0 bridgehead atoms. The van der Waals surface area contributed by atoms with Gasteiger partial charge in [-0.15, -0.1) is 0 Å². The van der Waals surface area contributed by atoms with Crippen LogP contribution in [0.5, 0.6) is 0 Å². The maximum Gasteiger partial charge on any atom is 0.323 e. The van der Waals surface area contributed by atoms with Gasteiger partial charge in [0.2, 0.25) is 0 Å². The molecule has 0 amide bonds. The van der Waals surface area contributed by atoms with Gasteiger partial charge in [0.1, 0.15) is 17.3 Å². The van der Waals surface area contributed by atoms with Crippen LogP contribution in [0.1, 0.15) is 13.8 Å². The summed E-state index contributed by atoms with van der Waals surface area (Å²) in [6, 6.07) is 2.77. The predicted molar refractivity (Wildman–Crippen MR) is 67.5 cm³/mol. The van der Waals surface area contributed by atoms with E-state index in [4.69, 9.17) is 5.11 Å². The summed E-state index contributed by atoms with van der Waals surface area (Å²) in [5, 5.41) is 8.87. The number of pyridine rings is 1. The van der Waals surface area contributed by atoms with Gasteiger partial charge in [-0.25, -0.2) is 13.4 Å². The third-order valence-corrected chi connectivity index (χ3v) is 3.47. The maximum absolute atomic E-state index is 11.7. The van der Waals surface area contributed by atoms with Crippen LogP contribution in [0.3, 0.4) is 0 Å². The highest BCUT2D eigenvalue weighted by Crippen LogP contribution is 2.23. The number of aliphatic carboxylic acids is 1. The normalized spacial score (nSPS) is 11.6. The molecule has 0 saturated carbocycles. The molecule has 0 spiro atoms. The Labute approximate surface area is 106 Å². The first-order chi connectivity index (χ1) is 8.23. The fourth-order valence-electron chi connectivity index (χ4n) is 1.54. The second-order valence-corrected chi connectivity index (χ2v) is 6.20. The van der Waals surface area contributed by atoms with Crippen molar-refractivity contribution in [1.82, 2.24) is 4.98 Å². The number of carbonyl (C=O) groups is 1. The second-order valence-electron chi connectivity index (χ2n) is 4.21. The number of rotatable bonds is 5. The Bertz CT molecular complexity index is 540. The van der Waals surface area contributed by atoms with Crippen LogP contribution >= 0.6 is 0 Å². The molecule has 0 atom stereocenters. The van der Waals surface area contributed by atoms with Gasteiger partial charge in [0.15, 0.2) is 9.84 Å². The minimum absolute atomic E-state index is 0.0416. The molecule has 0 radical (unpaired) electrons. The van der Waals surface area contributed by atoms with Crippen molar-refractivity contribution in [2.75, 3.05) is 17.7 Å². The molecule has 0 saturated heterocycles. The van der Waals surface area contributed by atoms with E-state index in [-0.39, 0.29) is 23.3 Å². The lowest BCUT2D eigenvalue weighted by Crippen LogP contribution is -2.37. The minimum atomic E-state index is -3.44. The average Bonchev–Trinajstić information content (AvgIpc) is 2.24. The Hall–Kier alpha value is -1.63. The van der Waals surface area contributed by atoms with Gasteiger partial charge < -0.3 is 10.0 Å². The molecule has 1 aromatic heterocycles. The monoisotopic (exact) mass is 272 g/mol. The summed E-state index contributed by atoms with van der Waals surface area (Å²) in [6.45, 7) is 3.27. The molecule has 100 valence electrons. The first-order valence-electron chi connectivity index (χ1n) is 5.37. The van der Waals surface area contributed by atoms with E-state index in [2.05, 4.69) is 4.98 Å². The van der Waals surface area contributed by atoms with Crippen molar-refractivity contribution in [3.63, 3.8) is 0 Å². The van der Waals surface area contributed by atoms with Gasteiger partial charge >= 0.3 is 5.97 Å². The van der Waals surface area contributed by atoms with Crippen molar-refractivity contribution in [3.05, 3.63) is 18.3 Å². The highest BCUT2D eigenvalue weighted by molar-refractivity contribution is 7.90. The zero-order valence-corrected chi connectivity index (χ0v) is 11.3. The van der Waals surface area contributed by atoms with Gasteiger partial charge in [-0.1, -0.05) is 0 Å². The molecule has 0 aliphatic carbocycles. The lowest BCUT2D eigenvalue weighted by Gasteiger charge is -2.27. The van der Waals surface area contributed by atoms with Gasteiger partial charge in [-0.3, -0.25) is 4.79 Å². The Balaban J connectivity index is 3.33. The second kappa shape index (κ2) is 5.34. The van der Waals surface area contributed by atoms with Crippen molar-refractivity contribution in [3.8, 4) is 0 Å². The number of nitrogens with zero attached hydrogens (tertiary/aromatic N) is 2. The predicted octanol–water partition coefficient (Wildman–Crippen LogP) is 0.785. The summed E-state index contributed by atoms with van der Waals surface area (Å²) in [5.41, 5.74) is 0. The molecule has 1 heterocycles.